The van der Waals surface area contributed by atoms with E-state index in [1.807, 2.05) is 12.1 Å². The number of rotatable bonds is 5. The van der Waals surface area contributed by atoms with Crippen LogP contribution in [0.1, 0.15) is 47.6 Å². The lowest BCUT2D eigenvalue weighted by atomic mass is 10.0. The predicted molar refractivity (Wildman–Crippen MR) is 104 cm³/mol. The molecule has 5 rings (SSSR count). The molecular formula is C20H18ClNO4S. The number of fused-ring (bicyclic) bond motifs is 3. The number of aromatic carboxylic acids is 1. The number of carboxylic acids is 1. The lowest BCUT2D eigenvalue weighted by Crippen LogP contribution is -2.29. The SMILES string of the molecule is O=C(O)c1cc2c(n(C3CC3)c1=O)-c1cc(Cl)c(OCC3CC3)cc1SC2. The zero-order valence-corrected chi connectivity index (χ0v) is 16.1. The molecule has 0 atom stereocenters. The molecule has 2 aromatic rings. The zero-order chi connectivity index (χ0) is 18.7. The Balaban J connectivity index is 1.65. The Bertz CT molecular complexity index is 1020. The van der Waals surface area contributed by atoms with Crippen LogP contribution >= 0.6 is 23.4 Å². The first-order valence-electron chi connectivity index (χ1n) is 9.14. The Morgan fingerprint density at radius 2 is 2.04 bits per heavy atom. The maximum atomic E-state index is 12.8. The van der Waals surface area contributed by atoms with E-state index < -0.39 is 11.5 Å². The van der Waals surface area contributed by atoms with Crippen LogP contribution in [-0.2, 0) is 5.75 Å². The van der Waals surface area contributed by atoms with Gasteiger partial charge in [-0.25, -0.2) is 4.79 Å². The van der Waals surface area contributed by atoms with Crippen LogP contribution in [0.15, 0.2) is 27.9 Å². The normalized spacial score (nSPS) is 18.0. The van der Waals surface area contributed by atoms with E-state index >= 15 is 0 Å². The smallest absolute Gasteiger partial charge is 0.341 e. The van der Waals surface area contributed by atoms with E-state index in [0.29, 0.717) is 29.0 Å². The molecule has 5 nitrogen and oxygen atoms in total. The summed E-state index contributed by atoms with van der Waals surface area (Å²) in [7, 11) is 0. The van der Waals surface area contributed by atoms with Crippen molar-refractivity contribution in [2.75, 3.05) is 6.61 Å². The molecule has 1 aliphatic heterocycles. The van der Waals surface area contributed by atoms with Gasteiger partial charge in [-0.3, -0.25) is 4.79 Å². The van der Waals surface area contributed by atoms with Gasteiger partial charge < -0.3 is 14.4 Å². The summed E-state index contributed by atoms with van der Waals surface area (Å²) >= 11 is 8.11. The van der Waals surface area contributed by atoms with Gasteiger partial charge in [0.05, 0.1) is 17.3 Å². The third-order valence-corrected chi connectivity index (χ3v) is 6.70. The number of hydrogen-bond acceptors (Lipinski definition) is 4. The van der Waals surface area contributed by atoms with Crippen LogP contribution in [0.5, 0.6) is 5.75 Å². The van der Waals surface area contributed by atoms with Crippen LogP contribution < -0.4 is 10.3 Å². The summed E-state index contributed by atoms with van der Waals surface area (Å²) in [5, 5.41) is 9.95. The Labute approximate surface area is 165 Å². The summed E-state index contributed by atoms with van der Waals surface area (Å²) in [4.78, 5) is 25.4. The summed E-state index contributed by atoms with van der Waals surface area (Å²) in [6.07, 6.45) is 4.22. The first-order valence-corrected chi connectivity index (χ1v) is 10.5. The van der Waals surface area contributed by atoms with Crippen molar-refractivity contribution < 1.29 is 14.6 Å². The third kappa shape index (κ3) is 3.05. The molecule has 0 amide bonds. The van der Waals surface area contributed by atoms with Gasteiger partial charge in [-0.2, -0.15) is 0 Å². The third-order valence-electron chi connectivity index (χ3n) is 5.30. The highest BCUT2D eigenvalue weighted by Crippen LogP contribution is 2.48. The van der Waals surface area contributed by atoms with Gasteiger partial charge in [0.1, 0.15) is 11.3 Å². The number of halogens is 1. The molecule has 0 unspecified atom stereocenters. The fraction of sp³-hybridized carbons (Fsp3) is 0.400. The van der Waals surface area contributed by atoms with Crippen molar-refractivity contribution >= 4 is 29.3 Å². The van der Waals surface area contributed by atoms with Crippen molar-refractivity contribution in [3.8, 4) is 17.0 Å². The lowest BCUT2D eigenvalue weighted by Gasteiger charge is -2.25. The van der Waals surface area contributed by atoms with Crippen molar-refractivity contribution in [3.63, 3.8) is 0 Å². The van der Waals surface area contributed by atoms with E-state index in [1.165, 1.54) is 18.9 Å². The largest absolute Gasteiger partial charge is 0.492 e. The van der Waals surface area contributed by atoms with Gasteiger partial charge in [-0.15, -0.1) is 11.8 Å². The second kappa shape index (κ2) is 6.31. The summed E-state index contributed by atoms with van der Waals surface area (Å²) in [6, 6.07) is 5.43. The minimum absolute atomic E-state index is 0.0751. The highest BCUT2D eigenvalue weighted by molar-refractivity contribution is 7.98. The first kappa shape index (κ1) is 17.2. The molecule has 1 aromatic heterocycles. The number of aromatic nitrogens is 1. The van der Waals surface area contributed by atoms with Crippen molar-refractivity contribution in [1.82, 2.24) is 4.57 Å². The van der Waals surface area contributed by atoms with Crippen LogP contribution in [-0.4, -0.2) is 22.2 Å². The zero-order valence-electron chi connectivity index (χ0n) is 14.5. The van der Waals surface area contributed by atoms with Gasteiger partial charge in [0.15, 0.2) is 0 Å². The molecule has 7 heteroatoms. The number of carbonyl (C=O) groups is 1. The summed E-state index contributed by atoms with van der Waals surface area (Å²) < 4.78 is 7.57. The summed E-state index contributed by atoms with van der Waals surface area (Å²) in [5.41, 5.74) is 2.01. The number of benzene rings is 1. The second-order valence-electron chi connectivity index (χ2n) is 7.47. The van der Waals surface area contributed by atoms with Gasteiger partial charge >= 0.3 is 5.97 Å². The van der Waals surface area contributed by atoms with Crippen LogP contribution in [0.2, 0.25) is 5.02 Å². The first-order chi connectivity index (χ1) is 13.0. The van der Waals surface area contributed by atoms with E-state index in [-0.39, 0.29) is 11.6 Å². The Morgan fingerprint density at radius 3 is 2.70 bits per heavy atom. The number of pyridine rings is 1. The molecule has 140 valence electrons. The lowest BCUT2D eigenvalue weighted by molar-refractivity contribution is 0.0694. The minimum atomic E-state index is -1.17. The molecular weight excluding hydrogens is 386 g/mol. The number of ether oxygens (including phenoxy) is 1. The van der Waals surface area contributed by atoms with E-state index in [2.05, 4.69) is 0 Å². The minimum Gasteiger partial charge on any atom is -0.492 e. The van der Waals surface area contributed by atoms with Crippen LogP contribution in [0.3, 0.4) is 0 Å². The molecule has 0 spiro atoms. The van der Waals surface area contributed by atoms with E-state index in [1.54, 1.807) is 16.3 Å². The van der Waals surface area contributed by atoms with Gasteiger partial charge in [0.2, 0.25) is 0 Å². The monoisotopic (exact) mass is 403 g/mol. The molecule has 0 radical (unpaired) electrons. The highest BCUT2D eigenvalue weighted by atomic mass is 35.5. The second-order valence-corrected chi connectivity index (χ2v) is 8.89. The molecule has 2 aliphatic carbocycles. The molecule has 27 heavy (non-hydrogen) atoms. The van der Waals surface area contributed by atoms with Crippen molar-refractivity contribution in [2.45, 2.75) is 42.4 Å². The van der Waals surface area contributed by atoms with E-state index in [9.17, 15) is 14.7 Å². The van der Waals surface area contributed by atoms with Crippen molar-refractivity contribution in [3.05, 3.63) is 44.7 Å². The number of carboxylic acid groups (broad SMARTS) is 1. The average molecular weight is 404 g/mol. The fourth-order valence-corrected chi connectivity index (χ4v) is 4.79. The highest BCUT2D eigenvalue weighted by Gasteiger charge is 2.33. The van der Waals surface area contributed by atoms with Crippen molar-refractivity contribution in [1.29, 1.82) is 0 Å². The van der Waals surface area contributed by atoms with Gasteiger partial charge in [0, 0.05) is 22.3 Å². The van der Waals surface area contributed by atoms with Crippen molar-refractivity contribution in [2.24, 2.45) is 5.92 Å². The maximum Gasteiger partial charge on any atom is 0.341 e. The van der Waals surface area contributed by atoms with E-state index in [4.69, 9.17) is 16.3 Å². The Kier molecular flexibility index (Phi) is 4.02. The maximum absolute atomic E-state index is 12.8. The molecule has 3 aliphatic rings. The predicted octanol–water partition coefficient (Wildman–Crippen LogP) is 4.60. The van der Waals surface area contributed by atoms with Crippen LogP contribution in [0.25, 0.3) is 11.3 Å². The molecule has 1 aromatic carbocycles. The summed E-state index contributed by atoms with van der Waals surface area (Å²) in [6.45, 7) is 0.689. The number of nitrogens with zero attached hydrogens (tertiary/aromatic N) is 1. The molecule has 2 heterocycles. The standard InChI is InChI=1S/C20H18ClNO4S/c21-15-6-13-17(7-16(15)26-8-10-1-2-10)27-9-11-5-14(20(24)25)19(23)22(18(11)13)12-3-4-12/h5-7,10,12H,1-4,8-9H2,(H,24,25). The van der Waals surface area contributed by atoms with E-state index in [0.717, 1.165) is 34.6 Å². The molecule has 0 saturated heterocycles. The van der Waals surface area contributed by atoms with Gasteiger partial charge in [-0.1, -0.05) is 11.6 Å². The molecule has 2 fully saturated rings. The van der Waals surface area contributed by atoms with Gasteiger partial charge in [-0.05, 0) is 55.4 Å². The number of hydrogen-bond donors (Lipinski definition) is 1. The quantitative estimate of drug-likeness (QED) is 0.790. The molecule has 2 saturated carbocycles. The Morgan fingerprint density at radius 1 is 1.26 bits per heavy atom. The van der Waals surface area contributed by atoms with Gasteiger partial charge in [0.25, 0.3) is 5.56 Å². The molecule has 0 bridgehead atoms. The van der Waals surface area contributed by atoms with Crippen LogP contribution in [0, 0.1) is 5.92 Å². The Hall–Kier alpha value is -1.92. The fourth-order valence-electron chi connectivity index (χ4n) is 3.53. The average Bonchev–Trinajstić information content (AvgIpc) is 3.53. The summed E-state index contributed by atoms with van der Waals surface area (Å²) in [5.74, 6) is 0.773. The topological polar surface area (TPSA) is 68.5 Å². The van der Waals surface area contributed by atoms with Crippen LogP contribution in [0.4, 0.5) is 0 Å². The number of thioether (sulfide) groups is 1. The molecule has 1 N–H and O–H groups in total.